The SMILES string of the molecule is COc1cc2cc(c1OC)CCCCCCCC(=O)NCC2. The van der Waals surface area contributed by atoms with Crippen molar-refractivity contribution in [3.05, 3.63) is 23.3 Å². The van der Waals surface area contributed by atoms with Crippen LogP contribution in [0.15, 0.2) is 12.1 Å². The molecule has 0 atom stereocenters. The van der Waals surface area contributed by atoms with Crippen LogP contribution in [0.5, 0.6) is 11.5 Å². The highest BCUT2D eigenvalue weighted by Gasteiger charge is 2.13. The molecule has 0 saturated heterocycles. The fourth-order valence-corrected chi connectivity index (χ4v) is 3.00. The third-order valence-corrected chi connectivity index (χ3v) is 4.20. The molecule has 0 radical (unpaired) electrons. The summed E-state index contributed by atoms with van der Waals surface area (Å²) in [6, 6.07) is 4.21. The van der Waals surface area contributed by atoms with Crippen molar-refractivity contribution >= 4 is 5.91 Å². The lowest BCUT2D eigenvalue weighted by molar-refractivity contribution is -0.121. The molecule has 122 valence electrons. The summed E-state index contributed by atoms with van der Waals surface area (Å²) in [4.78, 5) is 11.7. The van der Waals surface area contributed by atoms with Crippen LogP contribution in [0.3, 0.4) is 0 Å². The molecule has 1 heterocycles. The summed E-state index contributed by atoms with van der Waals surface area (Å²) in [5.41, 5.74) is 2.39. The lowest BCUT2D eigenvalue weighted by Crippen LogP contribution is -2.25. The van der Waals surface area contributed by atoms with Crippen LogP contribution >= 0.6 is 0 Å². The Labute approximate surface area is 133 Å². The van der Waals surface area contributed by atoms with Crippen molar-refractivity contribution in [2.24, 2.45) is 0 Å². The lowest BCUT2D eigenvalue weighted by atomic mass is 9.99. The van der Waals surface area contributed by atoms with Crippen molar-refractivity contribution in [2.75, 3.05) is 20.8 Å². The first-order chi connectivity index (χ1) is 10.7. The molecule has 1 N–H and O–H groups in total. The minimum absolute atomic E-state index is 0.165. The quantitative estimate of drug-likeness (QED) is 0.912. The van der Waals surface area contributed by atoms with Gasteiger partial charge in [0.2, 0.25) is 5.91 Å². The zero-order valence-corrected chi connectivity index (χ0v) is 13.7. The Kier molecular flexibility index (Phi) is 6.56. The summed E-state index contributed by atoms with van der Waals surface area (Å²) < 4.78 is 11.0. The average Bonchev–Trinajstić information content (AvgIpc) is 2.52. The number of nitrogens with one attached hydrogen (secondary N) is 1. The topological polar surface area (TPSA) is 47.6 Å². The first kappa shape index (κ1) is 16.7. The number of carbonyl (C=O) groups is 1. The van der Waals surface area contributed by atoms with Gasteiger partial charge in [0.15, 0.2) is 11.5 Å². The van der Waals surface area contributed by atoms with E-state index >= 15 is 0 Å². The van der Waals surface area contributed by atoms with Crippen LogP contribution in [-0.2, 0) is 17.6 Å². The number of hydrogen-bond donors (Lipinski definition) is 1. The minimum atomic E-state index is 0.165. The summed E-state index contributed by atoms with van der Waals surface area (Å²) in [5.74, 6) is 1.80. The molecular weight excluding hydrogens is 278 g/mol. The van der Waals surface area contributed by atoms with Gasteiger partial charge in [-0.3, -0.25) is 4.79 Å². The first-order valence-electron chi connectivity index (χ1n) is 8.25. The second-order valence-corrected chi connectivity index (χ2v) is 5.86. The highest BCUT2D eigenvalue weighted by atomic mass is 16.5. The molecule has 2 rings (SSSR count). The normalized spacial score (nSPS) is 17.3. The number of benzene rings is 1. The summed E-state index contributed by atoms with van der Waals surface area (Å²) in [6.45, 7) is 0.674. The van der Waals surface area contributed by atoms with Crippen LogP contribution < -0.4 is 14.8 Å². The molecule has 1 amide bonds. The van der Waals surface area contributed by atoms with Crippen LogP contribution in [0, 0.1) is 0 Å². The molecule has 0 spiro atoms. The van der Waals surface area contributed by atoms with Gasteiger partial charge in [-0.15, -0.1) is 0 Å². The van der Waals surface area contributed by atoms with Crippen LogP contribution in [0.4, 0.5) is 0 Å². The largest absolute Gasteiger partial charge is 0.493 e. The molecule has 0 aliphatic carbocycles. The fraction of sp³-hybridized carbons (Fsp3) is 0.611. The van der Waals surface area contributed by atoms with Crippen molar-refractivity contribution < 1.29 is 14.3 Å². The van der Waals surface area contributed by atoms with Gasteiger partial charge in [-0.1, -0.05) is 25.3 Å². The second-order valence-electron chi connectivity index (χ2n) is 5.86. The number of rotatable bonds is 2. The van der Waals surface area contributed by atoms with E-state index in [-0.39, 0.29) is 5.91 Å². The second kappa shape index (κ2) is 8.66. The Morgan fingerprint density at radius 2 is 1.64 bits per heavy atom. The van der Waals surface area contributed by atoms with Gasteiger partial charge in [-0.25, -0.2) is 0 Å². The van der Waals surface area contributed by atoms with Crippen LogP contribution in [0.25, 0.3) is 0 Å². The van der Waals surface area contributed by atoms with Gasteiger partial charge in [0.1, 0.15) is 0 Å². The van der Waals surface area contributed by atoms with E-state index in [2.05, 4.69) is 11.4 Å². The number of ether oxygens (including phenoxy) is 2. The Hall–Kier alpha value is -1.71. The molecule has 1 aliphatic rings. The monoisotopic (exact) mass is 305 g/mol. The van der Waals surface area contributed by atoms with E-state index in [1.807, 2.05) is 6.07 Å². The Bertz CT molecular complexity index is 499. The molecule has 1 aromatic carbocycles. The Balaban J connectivity index is 2.19. The van der Waals surface area contributed by atoms with Crippen molar-refractivity contribution in [3.8, 4) is 11.5 Å². The summed E-state index contributed by atoms with van der Waals surface area (Å²) in [6.07, 6.45) is 8.14. The molecule has 0 aromatic heterocycles. The zero-order chi connectivity index (χ0) is 15.8. The molecule has 0 saturated carbocycles. The molecule has 2 bridgehead atoms. The standard InChI is InChI=1S/C18H27NO3/c1-21-16-13-14-10-11-19-17(20)9-7-5-3-4-6-8-15(12-14)18(16)22-2/h12-13H,3-11H2,1-2H3,(H,19,20). The summed E-state index contributed by atoms with van der Waals surface area (Å²) in [5, 5.41) is 3.00. The predicted octanol–water partition coefficient (Wildman–Crippen LogP) is 3.26. The zero-order valence-electron chi connectivity index (χ0n) is 13.7. The van der Waals surface area contributed by atoms with Crippen LogP contribution in [0.2, 0.25) is 0 Å². The highest BCUT2D eigenvalue weighted by molar-refractivity contribution is 5.75. The van der Waals surface area contributed by atoms with Crippen molar-refractivity contribution in [2.45, 2.75) is 51.4 Å². The van der Waals surface area contributed by atoms with Crippen molar-refractivity contribution in [1.82, 2.24) is 5.32 Å². The van der Waals surface area contributed by atoms with Gasteiger partial charge in [-0.2, -0.15) is 0 Å². The highest BCUT2D eigenvalue weighted by Crippen LogP contribution is 2.34. The number of carbonyl (C=O) groups excluding carboxylic acids is 1. The fourth-order valence-electron chi connectivity index (χ4n) is 3.00. The van der Waals surface area contributed by atoms with E-state index < -0.39 is 0 Å². The van der Waals surface area contributed by atoms with Gasteiger partial charge in [0.25, 0.3) is 0 Å². The van der Waals surface area contributed by atoms with E-state index in [9.17, 15) is 4.79 Å². The van der Waals surface area contributed by atoms with Crippen LogP contribution in [-0.4, -0.2) is 26.7 Å². The maximum Gasteiger partial charge on any atom is 0.220 e. The van der Waals surface area contributed by atoms with Gasteiger partial charge in [-0.05, 0) is 42.9 Å². The number of hydrogen-bond acceptors (Lipinski definition) is 3. The van der Waals surface area contributed by atoms with Crippen LogP contribution in [0.1, 0.15) is 49.7 Å². The number of methoxy groups -OCH3 is 2. The molecule has 1 aliphatic heterocycles. The van der Waals surface area contributed by atoms with E-state index in [4.69, 9.17) is 9.47 Å². The number of amides is 1. The third kappa shape index (κ3) is 4.65. The van der Waals surface area contributed by atoms with Crippen molar-refractivity contribution in [3.63, 3.8) is 0 Å². The van der Waals surface area contributed by atoms with E-state index in [0.717, 1.165) is 43.6 Å². The minimum Gasteiger partial charge on any atom is -0.493 e. The smallest absolute Gasteiger partial charge is 0.220 e. The first-order valence-corrected chi connectivity index (χ1v) is 8.25. The number of fused-ring (bicyclic) bond motifs is 2. The third-order valence-electron chi connectivity index (χ3n) is 4.20. The summed E-state index contributed by atoms with van der Waals surface area (Å²) in [7, 11) is 3.37. The predicted molar refractivity (Wildman–Crippen MR) is 87.7 cm³/mol. The molecule has 4 heteroatoms. The van der Waals surface area contributed by atoms with Gasteiger partial charge < -0.3 is 14.8 Å². The maximum atomic E-state index is 11.7. The molecule has 0 unspecified atom stereocenters. The van der Waals surface area contributed by atoms with E-state index in [1.165, 1.54) is 24.0 Å². The lowest BCUT2D eigenvalue weighted by Gasteiger charge is -2.16. The summed E-state index contributed by atoms with van der Waals surface area (Å²) >= 11 is 0. The van der Waals surface area contributed by atoms with Gasteiger partial charge in [0.05, 0.1) is 14.2 Å². The van der Waals surface area contributed by atoms with Crippen molar-refractivity contribution in [1.29, 1.82) is 0 Å². The number of aryl methyl sites for hydroxylation is 1. The molecule has 1 aromatic rings. The molecule has 4 nitrogen and oxygen atoms in total. The Morgan fingerprint density at radius 1 is 0.909 bits per heavy atom. The maximum absolute atomic E-state index is 11.7. The van der Waals surface area contributed by atoms with Gasteiger partial charge >= 0.3 is 0 Å². The Morgan fingerprint density at radius 3 is 2.36 bits per heavy atom. The van der Waals surface area contributed by atoms with E-state index in [1.54, 1.807) is 14.2 Å². The van der Waals surface area contributed by atoms with Gasteiger partial charge in [0, 0.05) is 13.0 Å². The average molecular weight is 305 g/mol. The molecule has 0 fully saturated rings. The molecule has 22 heavy (non-hydrogen) atoms. The van der Waals surface area contributed by atoms with E-state index in [0.29, 0.717) is 13.0 Å². The molecular formula is C18H27NO3.